The summed E-state index contributed by atoms with van der Waals surface area (Å²) in [6, 6.07) is 17.0. The van der Waals surface area contributed by atoms with Crippen LogP contribution in [0.5, 0.6) is 0 Å². The van der Waals surface area contributed by atoms with Gasteiger partial charge in [-0.3, -0.25) is 0 Å². The smallest absolute Gasteiger partial charge is 0.229 e. The van der Waals surface area contributed by atoms with Gasteiger partial charge >= 0.3 is 0 Å². The van der Waals surface area contributed by atoms with Gasteiger partial charge in [0.15, 0.2) is 0 Å². The van der Waals surface area contributed by atoms with Gasteiger partial charge in [0.25, 0.3) is 0 Å². The number of nitrogens with one attached hydrogen (secondary N) is 2. The van der Waals surface area contributed by atoms with Crippen molar-refractivity contribution >= 4 is 29.2 Å². The lowest BCUT2D eigenvalue weighted by molar-refractivity contribution is 0.824. The van der Waals surface area contributed by atoms with Crippen molar-refractivity contribution in [1.82, 2.24) is 9.97 Å². The normalized spacial score (nSPS) is 9.93. The Morgan fingerprint density at radius 1 is 0.966 bits per heavy atom. The van der Waals surface area contributed by atoms with Crippen LogP contribution in [0.4, 0.5) is 23.1 Å². The van der Waals surface area contributed by atoms with Crippen LogP contribution in [0.25, 0.3) is 6.08 Å². The maximum absolute atomic E-state index is 8.88. The van der Waals surface area contributed by atoms with E-state index in [9.17, 15) is 0 Å². The highest BCUT2D eigenvalue weighted by atomic mass is 16.0. The molecule has 0 aliphatic carbocycles. The Labute approximate surface area is 169 Å². The van der Waals surface area contributed by atoms with Crippen LogP contribution in [0.15, 0.2) is 54.7 Å². The van der Waals surface area contributed by atoms with E-state index < -0.39 is 0 Å². The third kappa shape index (κ3) is 5.39. The van der Waals surface area contributed by atoms with Crippen LogP contribution in [0.2, 0.25) is 0 Å². The van der Waals surface area contributed by atoms with E-state index in [0.29, 0.717) is 17.3 Å². The zero-order valence-electron chi connectivity index (χ0n) is 16.1. The molecular formula is C22H20N6O. The molecule has 1 heterocycles. The van der Waals surface area contributed by atoms with Gasteiger partial charge in [-0.2, -0.15) is 15.5 Å². The molecule has 0 aliphatic heterocycles. The molecule has 0 atom stereocenters. The van der Waals surface area contributed by atoms with Crippen molar-refractivity contribution in [1.29, 1.82) is 10.5 Å². The van der Waals surface area contributed by atoms with Crippen molar-refractivity contribution in [2.75, 3.05) is 10.6 Å². The van der Waals surface area contributed by atoms with E-state index >= 15 is 0 Å². The number of nitriles is 2. The summed E-state index contributed by atoms with van der Waals surface area (Å²) in [6.07, 6.45) is 4.93. The predicted molar refractivity (Wildman–Crippen MR) is 114 cm³/mol. The number of nitrogens with zero attached hydrogens (tertiary/aromatic N) is 4. The molecule has 3 rings (SSSR count). The predicted octanol–water partition coefficient (Wildman–Crippen LogP) is 4.16. The van der Waals surface area contributed by atoms with Gasteiger partial charge in [0.2, 0.25) is 5.95 Å². The zero-order valence-corrected chi connectivity index (χ0v) is 16.1. The average molecular weight is 384 g/mol. The van der Waals surface area contributed by atoms with Gasteiger partial charge in [0.05, 0.1) is 17.7 Å². The van der Waals surface area contributed by atoms with Crippen molar-refractivity contribution < 1.29 is 5.48 Å². The van der Waals surface area contributed by atoms with Crippen LogP contribution in [0.1, 0.15) is 22.3 Å². The highest BCUT2D eigenvalue weighted by molar-refractivity contribution is 5.69. The van der Waals surface area contributed by atoms with Gasteiger partial charge < -0.3 is 16.1 Å². The van der Waals surface area contributed by atoms with E-state index in [-0.39, 0.29) is 5.48 Å². The van der Waals surface area contributed by atoms with Crippen LogP contribution in [0.3, 0.4) is 0 Å². The van der Waals surface area contributed by atoms with Gasteiger partial charge in [-0.05, 0) is 79.1 Å². The molecule has 7 heteroatoms. The van der Waals surface area contributed by atoms with Crippen molar-refractivity contribution in [2.45, 2.75) is 13.8 Å². The lowest BCUT2D eigenvalue weighted by Crippen LogP contribution is -2.02. The van der Waals surface area contributed by atoms with E-state index in [1.165, 1.54) is 6.08 Å². The molecule has 4 N–H and O–H groups in total. The second kappa shape index (κ2) is 9.65. The molecule has 0 spiro atoms. The van der Waals surface area contributed by atoms with Gasteiger partial charge in [0, 0.05) is 23.6 Å². The molecule has 0 saturated heterocycles. The fraction of sp³-hybridized carbons (Fsp3) is 0.0909. The van der Waals surface area contributed by atoms with Crippen LogP contribution in [-0.4, -0.2) is 15.4 Å². The molecule has 0 aliphatic rings. The summed E-state index contributed by atoms with van der Waals surface area (Å²) >= 11 is 0. The van der Waals surface area contributed by atoms with E-state index in [4.69, 9.17) is 10.5 Å². The largest absolute Gasteiger partial charge is 0.412 e. The summed E-state index contributed by atoms with van der Waals surface area (Å²) in [5.74, 6) is 1.12. The number of benzene rings is 2. The Hall–Kier alpha value is -4.20. The third-order valence-corrected chi connectivity index (χ3v) is 4.08. The first kappa shape index (κ1) is 21.1. The Bertz CT molecular complexity index is 1080. The minimum absolute atomic E-state index is 0. The Balaban J connectivity index is 0.00000300. The fourth-order valence-electron chi connectivity index (χ4n) is 2.80. The number of hydrogen-bond acceptors (Lipinski definition) is 6. The van der Waals surface area contributed by atoms with Gasteiger partial charge in [0.1, 0.15) is 5.82 Å². The molecule has 0 saturated carbocycles. The number of aryl methyl sites for hydroxylation is 2. The summed E-state index contributed by atoms with van der Waals surface area (Å²) in [5.41, 5.74) is 5.46. The monoisotopic (exact) mass is 384 g/mol. The van der Waals surface area contributed by atoms with Crippen LogP contribution in [0, 0.1) is 36.5 Å². The maximum atomic E-state index is 8.88. The second-order valence-corrected chi connectivity index (χ2v) is 6.20. The molecule has 0 fully saturated rings. The minimum Gasteiger partial charge on any atom is -0.412 e. The SMILES string of the molecule is Cc1cc(/C=C/C#N)cc(C)c1Nc1ccnc(Nc2ccc(C#N)cc2)n1.O. The number of anilines is 4. The number of allylic oxidation sites excluding steroid dienone is 1. The lowest BCUT2D eigenvalue weighted by atomic mass is 10.0. The molecule has 2 aromatic carbocycles. The van der Waals surface area contributed by atoms with Crippen molar-refractivity contribution in [3.05, 3.63) is 77.0 Å². The maximum Gasteiger partial charge on any atom is 0.229 e. The third-order valence-electron chi connectivity index (χ3n) is 4.08. The fourth-order valence-corrected chi connectivity index (χ4v) is 2.80. The first-order chi connectivity index (χ1) is 13.6. The lowest BCUT2D eigenvalue weighted by Gasteiger charge is -2.14. The second-order valence-electron chi connectivity index (χ2n) is 6.20. The first-order valence-corrected chi connectivity index (χ1v) is 8.63. The first-order valence-electron chi connectivity index (χ1n) is 8.63. The molecule has 0 unspecified atom stereocenters. The zero-order chi connectivity index (χ0) is 19.9. The molecule has 144 valence electrons. The van der Waals surface area contributed by atoms with Crippen LogP contribution < -0.4 is 10.6 Å². The highest BCUT2D eigenvalue weighted by Gasteiger charge is 2.07. The number of hydrogen-bond donors (Lipinski definition) is 2. The highest BCUT2D eigenvalue weighted by Crippen LogP contribution is 2.26. The molecular weight excluding hydrogens is 364 g/mol. The molecule has 0 bridgehead atoms. The van der Waals surface area contributed by atoms with E-state index in [1.54, 1.807) is 30.5 Å². The summed E-state index contributed by atoms with van der Waals surface area (Å²) in [7, 11) is 0. The molecule has 3 aromatic rings. The summed E-state index contributed by atoms with van der Waals surface area (Å²) < 4.78 is 0. The number of rotatable bonds is 5. The van der Waals surface area contributed by atoms with Crippen LogP contribution >= 0.6 is 0 Å². The average Bonchev–Trinajstić information content (AvgIpc) is 2.70. The summed E-state index contributed by atoms with van der Waals surface area (Å²) in [6.45, 7) is 4.02. The van der Waals surface area contributed by atoms with E-state index in [0.717, 1.165) is 28.1 Å². The van der Waals surface area contributed by atoms with Crippen LogP contribution in [-0.2, 0) is 0 Å². The summed E-state index contributed by atoms with van der Waals surface area (Å²) in [4.78, 5) is 8.75. The molecule has 0 radical (unpaired) electrons. The van der Waals surface area contributed by atoms with E-state index in [2.05, 4.69) is 26.7 Å². The van der Waals surface area contributed by atoms with Gasteiger partial charge in [-0.25, -0.2) is 4.98 Å². The van der Waals surface area contributed by atoms with Crippen molar-refractivity contribution in [3.8, 4) is 12.1 Å². The van der Waals surface area contributed by atoms with Gasteiger partial charge in [-0.1, -0.05) is 0 Å². The van der Waals surface area contributed by atoms with Crippen molar-refractivity contribution in [2.24, 2.45) is 0 Å². The van der Waals surface area contributed by atoms with E-state index in [1.807, 2.05) is 44.2 Å². The Morgan fingerprint density at radius 3 is 2.28 bits per heavy atom. The molecule has 0 amide bonds. The quantitative estimate of drug-likeness (QED) is 0.635. The summed E-state index contributed by atoms with van der Waals surface area (Å²) in [5, 5.41) is 24.0. The molecule has 29 heavy (non-hydrogen) atoms. The molecule has 7 nitrogen and oxygen atoms in total. The Kier molecular flexibility index (Phi) is 7.03. The Morgan fingerprint density at radius 2 is 1.66 bits per heavy atom. The minimum atomic E-state index is 0. The standard InChI is InChI=1S/C22H18N6.H2O/c1-15-12-18(4-3-10-23)13-16(2)21(15)27-20-9-11-25-22(28-20)26-19-7-5-17(14-24)6-8-19;/h3-9,11-13H,1-2H3,(H2,25,26,27,28);1H2/b4-3+;. The molecule has 1 aromatic heterocycles. The number of aromatic nitrogens is 2. The van der Waals surface area contributed by atoms with Gasteiger partial charge in [-0.15, -0.1) is 0 Å². The van der Waals surface area contributed by atoms with Crippen molar-refractivity contribution in [3.63, 3.8) is 0 Å². The topological polar surface area (TPSA) is 129 Å².